The Bertz CT molecular complexity index is 312. The summed E-state index contributed by atoms with van der Waals surface area (Å²) >= 11 is 0. The minimum Gasteiger partial charge on any atom is -0.385 e. The lowest BCUT2D eigenvalue weighted by Crippen LogP contribution is -2.66. The number of fused-ring (bicyclic) bond motifs is 1. The molecule has 1 saturated heterocycles. The average molecular weight is 253 g/mol. The molecule has 18 heavy (non-hydrogen) atoms. The Morgan fingerprint density at radius 2 is 2.11 bits per heavy atom. The lowest BCUT2D eigenvalue weighted by Gasteiger charge is -2.55. The lowest BCUT2D eigenvalue weighted by atomic mass is 9.57. The second kappa shape index (κ2) is 4.46. The summed E-state index contributed by atoms with van der Waals surface area (Å²) in [6.45, 7) is 7.75. The summed E-state index contributed by atoms with van der Waals surface area (Å²) in [7, 11) is 1.80. The van der Waals surface area contributed by atoms with E-state index in [0.29, 0.717) is 23.0 Å². The van der Waals surface area contributed by atoms with Gasteiger partial charge in [0.15, 0.2) is 0 Å². The van der Waals surface area contributed by atoms with Crippen molar-refractivity contribution < 1.29 is 9.47 Å². The van der Waals surface area contributed by atoms with Gasteiger partial charge in [0, 0.05) is 44.2 Å². The second-order valence-corrected chi connectivity index (χ2v) is 7.17. The Kier molecular flexibility index (Phi) is 3.20. The van der Waals surface area contributed by atoms with Gasteiger partial charge in [0.05, 0.1) is 6.10 Å². The predicted octanol–water partition coefficient (Wildman–Crippen LogP) is 2.21. The van der Waals surface area contributed by atoms with Crippen molar-refractivity contribution in [3.63, 3.8) is 0 Å². The van der Waals surface area contributed by atoms with E-state index in [-0.39, 0.29) is 0 Å². The van der Waals surface area contributed by atoms with Crippen molar-refractivity contribution in [1.29, 1.82) is 0 Å². The largest absolute Gasteiger partial charge is 0.385 e. The molecule has 0 amide bonds. The molecule has 3 fully saturated rings. The highest BCUT2D eigenvalue weighted by Gasteiger charge is 2.59. The molecule has 2 aliphatic carbocycles. The van der Waals surface area contributed by atoms with Crippen molar-refractivity contribution in [2.24, 2.45) is 16.7 Å². The Morgan fingerprint density at radius 3 is 2.78 bits per heavy atom. The van der Waals surface area contributed by atoms with Crippen molar-refractivity contribution in [3.05, 3.63) is 0 Å². The molecule has 3 heteroatoms. The molecule has 0 aromatic carbocycles. The zero-order chi connectivity index (χ0) is 12.8. The molecule has 3 rings (SSSR count). The van der Waals surface area contributed by atoms with Crippen molar-refractivity contribution in [3.8, 4) is 0 Å². The van der Waals surface area contributed by atoms with Crippen LogP contribution in [-0.4, -0.2) is 39.0 Å². The van der Waals surface area contributed by atoms with Crippen LogP contribution in [0.1, 0.15) is 39.5 Å². The molecule has 0 aromatic heterocycles. The Hall–Kier alpha value is -0.120. The third-order valence-corrected chi connectivity index (χ3v) is 5.59. The molecule has 0 spiro atoms. The Morgan fingerprint density at radius 1 is 1.33 bits per heavy atom. The van der Waals surface area contributed by atoms with Crippen LogP contribution in [-0.2, 0) is 9.47 Å². The SMILES string of the molecule is COCCC1(CNC2C3CCOC3C2(C)C)CC1. The van der Waals surface area contributed by atoms with Crippen LogP contribution in [0.3, 0.4) is 0 Å². The molecule has 0 radical (unpaired) electrons. The van der Waals surface area contributed by atoms with Crippen LogP contribution < -0.4 is 5.32 Å². The van der Waals surface area contributed by atoms with E-state index in [0.717, 1.165) is 19.1 Å². The molecule has 3 unspecified atom stereocenters. The second-order valence-electron chi connectivity index (χ2n) is 7.17. The molecule has 0 aromatic rings. The number of nitrogens with one attached hydrogen (secondary N) is 1. The minimum absolute atomic E-state index is 0.318. The molecule has 3 atom stereocenters. The van der Waals surface area contributed by atoms with Gasteiger partial charge in [-0.3, -0.25) is 0 Å². The summed E-state index contributed by atoms with van der Waals surface area (Å²) in [6, 6.07) is 0.657. The van der Waals surface area contributed by atoms with E-state index in [1.54, 1.807) is 7.11 Å². The van der Waals surface area contributed by atoms with Gasteiger partial charge < -0.3 is 14.8 Å². The first-order valence-corrected chi connectivity index (χ1v) is 7.43. The van der Waals surface area contributed by atoms with Crippen LogP contribution in [0.25, 0.3) is 0 Å². The number of hydrogen-bond acceptors (Lipinski definition) is 3. The van der Waals surface area contributed by atoms with E-state index < -0.39 is 0 Å². The number of ether oxygens (including phenoxy) is 2. The summed E-state index contributed by atoms with van der Waals surface area (Å²) in [5, 5.41) is 3.86. The fraction of sp³-hybridized carbons (Fsp3) is 1.00. The maximum absolute atomic E-state index is 5.85. The lowest BCUT2D eigenvalue weighted by molar-refractivity contribution is -0.113. The molecule has 2 saturated carbocycles. The zero-order valence-electron chi connectivity index (χ0n) is 12.0. The van der Waals surface area contributed by atoms with Gasteiger partial charge in [0.25, 0.3) is 0 Å². The highest BCUT2D eigenvalue weighted by Crippen LogP contribution is 2.53. The van der Waals surface area contributed by atoms with E-state index in [4.69, 9.17) is 9.47 Å². The van der Waals surface area contributed by atoms with E-state index >= 15 is 0 Å². The molecule has 0 bridgehead atoms. The van der Waals surface area contributed by atoms with Crippen LogP contribution in [0.15, 0.2) is 0 Å². The van der Waals surface area contributed by atoms with Gasteiger partial charge in [0.2, 0.25) is 0 Å². The topological polar surface area (TPSA) is 30.5 Å². The van der Waals surface area contributed by atoms with Crippen LogP contribution in [0.4, 0.5) is 0 Å². The van der Waals surface area contributed by atoms with Crippen LogP contribution in [0.2, 0.25) is 0 Å². The van der Waals surface area contributed by atoms with Gasteiger partial charge in [-0.2, -0.15) is 0 Å². The molecule has 3 nitrogen and oxygen atoms in total. The summed E-state index contributed by atoms with van der Waals surface area (Å²) in [6.07, 6.45) is 5.72. The normalized spacial score (nSPS) is 39.2. The van der Waals surface area contributed by atoms with E-state index in [9.17, 15) is 0 Å². The summed E-state index contributed by atoms with van der Waals surface area (Å²) in [5.41, 5.74) is 0.870. The van der Waals surface area contributed by atoms with Crippen LogP contribution in [0, 0.1) is 16.7 Å². The first kappa shape index (κ1) is 12.9. The molecule has 1 aliphatic heterocycles. The molecule has 1 heterocycles. The first-order chi connectivity index (χ1) is 8.59. The standard InChI is InChI=1S/C15H27NO2/c1-14(2)12(11-4-8-18-13(11)14)16-10-15(5-6-15)7-9-17-3/h11-13,16H,4-10H2,1-3H3. The fourth-order valence-corrected chi connectivity index (χ4v) is 4.08. The van der Waals surface area contributed by atoms with Gasteiger partial charge >= 0.3 is 0 Å². The molecular formula is C15H27NO2. The fourth-order valence-electron chi connectivity index (χ4n) is 4.08. The Labute approximate surface area is 111 Å². The van der Waals surface area contributed by atoms with E-state index in [1.165, 1.54) is 32.2 Å². The molecule has 104 valence electrons. The molecule has 1 N–H and O–H groups in total. The minimum atomic E-state index is 0.318. The van der Waals surface area contributed by atoms with Gasteiger partial charge in [-0.25, -0.2) is 0 Å². The quantitative estimate of drug-likeness (QED) is 0.787. The maximum Gasteiger partial charge on any atom is 0.0685 e. The highest BCUT2D eigenvalue weighted by atomic mass is 16.5. The predicted molar refractivity (Wildman–Crippen MR) is 71.6 cm³/mol. The molecule has 3 aliphatic rings. The zero-order valence-corrected chi connectivity index (χ0v) is 12.0. The van der Waals surface area contributed by atoms with Crippen molar-refractivity contribution in [1.82, 2.24) is 5.32 Å². The summed E-state index contributed by atoms with van der Waals surface area (Å²) in [4.78, 5) is 0. The van der Waals surface area contributed by atoms with Crippen LogP contribution >= 0.6 is 0 Å². The smallest absolute Gasteiger partial charge is 0.0685 e. The average Bonchev–Trinajstić information content (AvgIpc) is 2.95. The molecular weight excluding hydrogens is 226 g/mol. The number of hydrogen-bond donors (Lipinski definition) is 1. The Balaban J connectivity index is 1.51. The van der Waals surface area contributed by atoms with Gasteiger partial charge in [-0.15, -0.1) is 0 Å². The monoisotopic (exact) mass is 253 g/mol. The first-order valence-electron chi connectivity index (χ1n) is 7.43. The number of rotatable bonds is 6. The number of methoxy groups -OCH3 is 1. The van der Waals surface area contributed by atoms with E-state index in [2.05, 4.69) is 19.2 Å². The van der Waals surface area contributed by atoms with Crippen LogP contribution in [0.5, 0.6) is 0 Å². The summed E-state index contributed by atoms with van der Waals surface area (Å²) < 4.78 is 11.1. The highest BCUT2D eigenvalue weighted by molar-refractivity contribution is 5.12. The van der Waals surface area contributed by atoms with Gasteiger partial charge in [-0.1, -0.05) is 13.8 Å². The maximum atomic E-state index is 5.85. The van der Waals surface area contributed by atoms with Gasteiger partial charge in [0.1, 0.15) is 0 Å². The van der Waals surface area contributed by atoms with Crippen molar-refractivity contribution >= 4 is 0 Å². The third kappa shape index (κ3) is 2.00. The van der Waals surface area contributed by atoms with Crippen molar-refractivity contribution in [2.75, 3.05) is 26.9 Å². The third-order valence-electron chi connectivity index (χ3n) is 5.59. The van der Waals surface area contributed by atoms with Gasteiger partial charge in [-0.05, 0) is 31.1 Å². The van der Waals surface area contributed by atoms with Crippen molar-refractivity contribution in [2.45, 2.75) is 51.7 Å². The van der Waals surface area contributed by atoms with E-state index in [1.807, 2.05) is 0 Å². The summed E-state index contributed by atoms with van der Waals surface area (Å²) in [5.74, 6) is 0.762.